The zero-order chi connectivity index (χ0) is 14.3. The third-order valence-electron chi connectivity index (χ3n) is 3.59. The standard InChI is InChI=1S/C13H15FN4O2/c1-20-11-5-10-9(4-8(11)14)17-13(15)18(10)7-2-3-12(19)16-6-7/h4-5,7H,2-3,6H2,1H3,(H2,15,17)(H,16,19). The molecule has 0 radical (unpaired) electrons. The van der Waals surface area contributed by atoms with Crippen LogP contribution in [0.4, 0.5) is 10.3 Å². The fourth-order valence-corrected chi connectivity index (χ4v) is 2.60. The molecular formula is C13H15FN4O2. The number of hydrogen-bond acceptors (Lipinski definition) is 4. The van der Waals surface area contributed by atoms with Crippen LogP contribution in [0, 0.1) is 5.82 Å². The Labute approximate surface area is 114 Å². The summed E-state index contributed by atoms with van der Waals surface area (Å²) in [5, 5.41) is 2.80. The van der Waals surface area contributed by atoms with E-state index >= 15 is 0 Å². The number of rotatable bonds is 2. The lowest BCUT2D eigenvalue weighted by atomic mass is 10.1. The van der Waals surface area contributed by atoms with Crippen molar-refractivity contribution in [2.45, 2.75) is 18.9 Å². The number of carbonyl (C=O) groups excluding carboxylic acids is 1. The largest absolute Gasteiger partial charge is 0.494 e. The van der Waals surface area contributed by atoms with Crippen LogP contribution in [0.1, 0.15) is 18.9 Å². The SMILES string of the molecule is COc1cc2c(cc1F)nc(N)n2C1CCC(=O)NC1. The van der Waals surface area contributed by atoms with E-state index in [1.807, 2.05) is 4.57 Å². The Morgan fingerprint density at radius 3 is 3.00 bits per heavy atom. The number of ether oxygens (including phenoxy) is 1. The summed E-state index contributed by atoms with van der Waals surface area (Å²) < 4.78 is 20.5. The van der Waals surface area contributed by atoms with Crippen molar-refractivity contribution in [3.8, 4) is 5.75 Å². The van der Waals surface area contributed by atoms with Gasteiger partial charge in [0.05, 0.1) is 24.2 Å². The van der Waals surface area contributed by atoms with Crippen LogP contribution in [0.3, 0.4) is 0 Å². The topological polar surface area (TPSA) is 82.2 Å². The molecule has 7 heteroatoms. The summed E-state index contributed by atoms with van der Waals surface area (Å²) in [7, 11) is 1.41. The lowest BCUT2D eigenvalue weighted by Crippen LogP contribution is -2.36. The Bertz CT molecular complexity index is 673. The highest BCUT2D eigenvalue weighted by Crippen LogP contribution is 2.30. The van der Waals surface area contributed by atoms with Crippen molar-refractivity contribution in [2.75, 3.05) is 19.4 Å². The van der Waals surface area contributed by atoms with Crippen molar-refractivity contribution in [3.63, 3.8) is 0 Å². The number of nitrogen functional groups attached to an aromatic ring is 1. The van der Waals surface area contributed by atoms with Gasteiger partial charge in [0.2, 0.25) is 11.9 Å². The van der Waals surface area contributed by atoms with Crippen molar-refractivity contribution < 1.29 is 13.9 Å². The number of carbonyl (C=O) groups is 1. The average molecular weight is 278 g/mol. The number of nitrogens with zero attached hydrogens (tertiary/aromatic N) is 2. The molecular weight excluding hydrogens is 263 g/mol. The van der Waals surface area contributed by atoms with Crippen LogP contribution in [0.25, 0.3) is 11.0 Å². The Hall–Kier alpha value is -2.31. The van der Waals surface area contributed by atoms with E-state index in [0.717, 1.165) is 0 Å². The van der Waals surface area contributed by atoms with Crippen LogP contribution in [0.2, 0.25) is 0 Å². The second kappa shape index (κ2) is 4.66. The summed E-state index contributed by atoms with van der Waals surface area (Å²) in [5.74, 6) is 0.0294. The van der Waals surface area contributed by atoms with Gasteiger partial charge in [-0.2, -0.15) is 0 Å². The van der Waals surface area contributed by atoms with Gasteiger partial charge >= 0.3 is 0 Å². The predicted molar refractivity (Wildman–Crippen MR) is 71.9 cm³/mol. The minimum absolute atomic E-state index is 0.0212. The van der Waals surface area contributed by atoms with E-state index in [1.54, 1.807) is 6.07 Å². The maximum atomic E-state index is 13.7. The van der Waals surface area contributed by atoms with E-state index in [9.17, 15) is 9.18 Å². The minimum Gasteiger partial charge on any atom is -0.494 e. The molecule has 1 aliphatic rings. The average Bonchev–Trinajstić information content (AvgIpc) is 2.74. The van der Waals surface area contributed by atoms with Crippen LogP contribution in [-0.4, -0.2) is 29.1 Å². The first-order valence-corrected chi connectivity index (χ1v) is 6.38. The minimum atomic E-state index is -0.471. The van der Waals surface area contributed by atoms with Gasteiger partial charge in [-0.1, -0.05) is 0 Å². The number of aromatic nitrogens is 2. The summed E-state index contributed by atoms with van der Waals surface area (Å²) in [5.41, 5.74) is 7.13. The molecule has 1 aromatic heterocycles. The first-order chi connectivity index (χ1) is 9.60. The smallest absolute Gasteiger partial charge is 0.220 e. The monoisotopic (exact) mass is 278 g/mol. The summed E-state index contributed by atoms with van der Waals surface area (Å²) >= 11 is 0. The number of imidazole rings is 1. The van der Waals surface area contributed by atoms with E-state index in [1.165, 1.54) is 13.2 Å². The fraction of sp³-hybridized carbons (Fsp3) is 0.385. The van der Waals surface area contributed by atoms with Gasteiger partial charge in [0.15, 0.2) is 11.6 Å². The molecule has 0 saturated carbocycles. The van der Waals surface area contributed by atoms with Gasteiger partial charge in [0.1, 0.15) is 0 Å². The summed E-state index contributed by atoms with van der Waals surface area (Å²) in [6.45, 7) is 0.494. The third-order valence-corrected chi connectivity index (χ3v) is 3.59. The molecule has 20 heavy (non-hydrogen) atoms. The maximum Gasteiger partial charge on any atom is 0.220 e. The third kappa shape index (κ3) is 1.95. The molecule has 2 heterocycles. The molecule has 1 fully saturated rings. The van der Waals surface area contributed by atoms with Crippen molar-refractivity contribution in [2.24, 2.45) is 0 Å². The molecule has 2 aromatic rings. The highest BCUT2D eigenvalue weighted by Gasteiger charge is 2.24. The second-order valence-electron chi connectivity index (χ2n) is 4.81. The van der Waals surface area contributed by atoms with Crippen molar-refractivity contribution in [1.29, 1.82) is 0 Å². The molecule has 1 unspecified atom stereocenters. The fourth-order valence-electron chi connectivity index (χ4n) is 2.60. The molecule has 1 aliphatic heterocycles. The van der Waals surface area contributed by atoms with Crippen LogP contribution in [-0.2, 0) is 4.79 Å². The molecule has 6 nitrogen and oxygen atoms in total. The van der Waals surface area contributed by atoms with Gasteiger partial charge in [-0.3, -0.25) is 4.79 Å². The molecule has 3 rings (SSSR count). The second-order valence-corrected chi connectivity index (χ2v) is 4.81. The normalized spacial score (nSPS) is 19.1. The number of nitrogens with two attached hydrogens (primary N) is 1. The Balaban J connectivity index is 2.09. The number of halogens is 1. The number of nitrogens with one attached hydrogen (secondary N) is 1. The van der Waals surface area contributed by atoms with E-state index in [4.69, 9.17) is 10.5 Å². The lowest BCUT2D eigenvalue weighted by molar-refractivity contribution is -0.122. The Morgan fingerprint density at radius 1 is 1.55 bits per heavy atom. The number of benzene rings is 1. The Morgan fingerprint density at radius 2 is 2.35 bits per heavy atom. The summed E-state index contributed by atoms with van der Waals surface area (Å²) in [6.07, 6.45) is 1.13. The Kier molecular flexibility index (Phi) is 2.96. The molecule has 106 valence electrons. The number of fused-ring (bicyclic) bond motifs is 1. The molecule has 0 aliphatic carbocycles. The zero-order valence-electron chi connectivity index (χ0n) is 11.0. The molecule has 1 amide bonds. The zero-order valence-corrected chi connectivity index (χ0v) is 11.0. The van der Waals surface area contributed by atoms with Gasteiger partial charge in [0.25, 0.3) is 0 Å². The molecule has 1 atom stereocenters. The van der Waals surface area contributed by atoms with Crippen molar-refractivity contribution in [1.82, 2.24) is 14.9 Å². The molecule has 1 saturated heterocycles. The van der Waals surface area contributed by atoms with E-state index < -0.39 is 5.82 Å². The van der Waals surface area contributed by atoms with Crippen molar-refractivity contribution >= 4 is 22.9 Å². The maximum absolute atomic E-state index is 13.7. The highest BCUT2D eigenvalue weighted by molar-refractivity contribution is 5.81. The quantitative estimate of drug-likeness (QED) is 0.865. The molecule has 1 aromatic carbocycles. The number of methoxy groups -OCH3 is 1. The highest BCUT2D eigenvalue weighted by atomic mass is 19.1. The van der Waals surface area contributed by atoms with Crippen LogP contribution < -0.4 is 15.8 Å². The lowest BCUT2D eigenvalue weighted by Gasteiger charge is -2.25. The van der Waals surface area contributed by atoms with E-state index in [2.05, 4.69) is 10.3 Å². The van der Waals surface area contributed by atoms with Crippen LogP contribution in [0.15, 0.2) is 12.1 Å². The summed E-state index contributed by atoms with van der Waals surface area (Å²) in [6, 6.07) is 2.92. The van der Waals surface area contributed by atoms with Crippen molar-refractivity contribution in [3.05, 3.63) is 17.9 Å². The summed E-state index contributed by atoms with van der Waals surface area (Å²) in [4.78, 5) is 15.4. The molecule has 3 N–H and O–H groups in total. The van der Waals surface area contributed by atoms with Gasteiger partial charge in [-0.05, 0) is 6.42 Å². The van der Waals surface area contributed by atoms with Gasteiger partial charge in [-0.25, -0.2) is 9.37 Å². The van der Waals surface area contributed by atoms with E-state index in [-0.39, 0.29) is 17.7 Å². The van der Waals surface area contributed by atoms with E-state index in [0.29, 0.717) is 36.4 Å². The predicted octanol–water partition coefficient (Wildman–Crippen LogP) is 1.22. The van der Waals surface area contributed by atoms with Gasteiger partial charge < -0.3 is 20.4 Å². The number of anilines is 1. The number of piperidine rings is 1. The first-order valence-electron chi connectivity index (χ1n) is 6.38. The molecule has 0 spiro atoms. The van der Waals surface area contributed by atoms with Gasteiger partial charge in [-0.15, -0.1) is 0 Å². The number of hydrogen-bond donors (Lipinski definition) is 2. The molecule has 0 bridgehead atoms. The number of amides is 1. The van der Waals surface area contributed by atoms with Crippen LogP contribution >= 0.6 is 0 Å². The van der Waals surface area contributed by atoms with Gasteiger partial charge in [0, 0.05) is 25.1 Å². The van der Waals surface area contributed by atoms with Crippen LogP contribution in [0.5, 0.6) is 5.75 Å². The first kappa shape index (κ1) is 12.7.